The SMILES string of the molecule is CCOc1cc(-c2cc(NCCc3cc4ccccc4cc3OC(C)C)ncn2)sc1C(=O)O. The van der Waals surface area contributed by atoms with Gasteiger partial charge in [0.1, 0.15) is 23.6 Å². The lowest BCUT2D eigenvalue weighted by atomic mass is 10.0. The summed E-state index contributed by atoms with van der Waals surface area (Å²) >= 11 is 1.14. The first-order valence-electron chi connectivity index (χ1n) is 11.2. The zero-order chi connectivity index (χ0) is 24.1. The summed E-state index contributed by atoms with van der Waals surface area (Å²) < 4.78 is 11.5. The van der Waals surface area contributed by atoms with Gasteiger partial charge in [0.2, 0.25) is 0 Å². The molecule has 7 nitrogen and oxygen atoms in total. The zero-order valence-corrected chi connectivity index (χ0v) is 20.2. The Balaban J connectivity index is 1.50. The Labute approximate surface area is 202 Å². The number of nitrogens with one attached hydrogen (secondary N) is 1. The number of hydrogen-bond acceptors (Lipinski definition) is 7. The average Bonchev–Trinajstić information content (AvgIpc) is 3.24. The molecular formula is C26H27N3O4S. The van der Waals surface area contributed by atoms with Gasteiger partial charge in [-0.05, 0) is 55.7 Å². The number of nitrogens with zero attached hydrogens (tertiary/aromatic N) is 2. The fraction of sp³-hybridized carbons (Fsp3) is 0.269. The highest BCUT2D eigenvalue weighted by atomic mass is 32.1. The molecule has 0 spiro atoms. The molecule has 2 N–H and O–H groups in total. The number of aromatic nitrogens is 2. The van der Waals surface area contributed by atoms with Gasteiger partial charge in [-0.2, -0.15) is 0 Å². The minimum absolute atomic E-state index is 0.0837. The molecule has 0 bridgehead atoms. The molecular weight excluding hydrogens is 450 g/mol. The standard InChI is InChI=1S/C26H27N3O4S/c1-4-32-22-14-23(34-25(22)26(30)31)20-13-24(29-15-28-20)27-10-9-19-11-17-7-5-6-8-18(17)12-21(19)33-16(2)3/h5-8,11-16H,4,9-10H2,1-3H3,(H,30,31)(H,27,28,29). The third-order valence-corrected chi connectivity index (χ3v) is 6.23. The van der Waals surface area contributed by atoms with Crippen LogP contribution in [0.25, 0.3) is 21.3 Å². The van der Waals surface area contributed by atoms with Crippen LogP contribution < -0.4 is 14.8 Å². The van der Waals surface area contributed by atoms with E-state index < -0.39 is 5.97 Å². The number of thiophene rings is 1. The lowest BCUT2D eigenvalue weighted by molar-refractivity contribution is 0.0698. The lowest BCUT2D eigenvalue weighted by Crippen LogP contribution is -2.11. The molecule has 0 radical (unpaired) electrons. The number of aromatic carboxylic acids is 1. The van der Waals surface area contributed by atoms with Gasteiger partial charge in [0.05, 0.1) is 23.3 Å². The number of benzene rings is 2. The van der Waals surface area contributed by atoms with Gasteiger partial charge >= 0.3 is 5.97 Å². The predicted octanol–water partition coefficient (Wildman–Crippen LogP) is 5.90. The van der Waals surface area contributed by atoms with Crippen LogP contribution in [-0.4, -0.2) is 40.3 Å². The third-order valence-electron chi connectivity index (χ3n) is 5.10. The van der Waals surface area contributed by atoms with Gasteiger partial charge in [0.25, 0.3) is 0 Å². The summed E-state index contributed by atoms with van der Waals surface area (Å²) in [6, 6.07) is 16.1. The topological polar surface area (TPSA) is 93.6 Å². The van der Waals surface area contributed by atoms with Crippen molar-refractivity contribution in [3.8, 4) is 22.1 Å². The normalized spacial score (nSPS) is 11.1. The minimum atomic E-state index is -1.01. The molecule has 4 aromatic rings. The van der Waals surface area contributed by atoms with Crippen molar-refractivity contribution in [1.82, 2.24) is 9.97 Å². The largest absolute Gasteiger partial charge is 0.492 e. The number of hydrogen-bond donors (Lipinski definition) is 2. The Morgan fingerprint density at radius 2 is 1.85 bits per heavy atom. The summed E-state index contributed by atoms with van der Waals surface area (Å²) in [6.07, 6.45) is 2.31. The number of carbonyl (C=O) groups is 1. The quantitative estimate of drug-likeness (QED) is 0.294. The smallest absolute Gasteiger partial charge is 0.349 e. The maximum absolute atomic E-state index is 11.5. The van der Waals surface area contributed by atoms with Gasteiger partial charge in [-0.3, -0.25) is 0 Å². The Hall–Kier alpha value is -3.65. The summed E-state index contributed by atoms with van der Waals surface area (Å²) in [5.41, 5.74) is 1.77. The van der Waals surface area contributed by atoms with E-state index in [1.165, 1.54) is 11.7 Å². The molecule has 0 saturated heterocycles. The lowest BCUT2D eigenvalue weighted by Gasteiger charge is -2.16. The van der Waals surface area contributed by atoms with E-state index in [0.717, 1.165) is 34.5 Å². The van der Waals surface area contributed by atoms with Gasteiger partial charge in [-0.1, -0.05) is 24.3 Å². The van der Waals surface area contributed by atoms with E-state index in [1.807, 2.05) is 39.0 Å². The molecule has 2 aromatic heterocycles. The molecule has 176 valence electrons. The van der Waals surface area contributed by atoms with Crippen LogP contribution in [0, 0.1) is 0 Å². The maximum atomic E-state index is 11.5. The van der Waals surface area contributed by atoms with E-state index in [2.05, 4.69) is 39.6 Å². The Morgan fingerprint density at radius 3 is 2.56 bits per heavy atom. The van der Waals surface area contributed by atoms with Crippen LogP contribution in [0.15, 0.2) is 54.9 Å². The summed E-state index contributed by atoms with van der Waals surface area (Å²) in [5.74, 6) is 0.904. The second-order valence-electron chi connectivity index (χ2n) is 7.98. The summed E-state index contributed by atoms with van der Waals surface area (Å²) in [4.78, 5) is 21.1. The molecule has 0 unspecified atom stereocenters. The van der Waals surface area contributed by atoms with Crippen molar-refractivity contribution in [1.29, 1.82) is 0 Å². The number of carboxylic acid groups (broad SMARTS) is 1. The van der Waals surface area contributed by atoms with Crippen LogP contribution in [0.4, 0.5) is 5.82 Å². The van der Waals surface area contributed by atoms with E-state index >= 15 is 0 Å². The number of fused-ring (bicyclic) bond motifs is 1. The Morgan fingerprint density at radius 1 is 1.09 bits per heavy atom. The first-order chi connectivity index (χ1) is 16.4. The van der Waals surface area contributed by atoms with Crippen LogP contribution in [0.3, 0.4) is 0 Å². The first kappa shape index (κ1) is 23.5. The second-order valence-corrected chi connectivity index (χ2v) is 9.03. The van der Waals surface area contributed by atoms with E-state index in [-0.39, 0.29) is 11.0 Å². The molecule has 0 aliphatic carbocycles. The van der Waals surface area contributed by atoms with Crippen molar-refractivity contribution in [2.45, 2.75) is 33.3 Å². The minimum Gasteiger partial charge on any atom is -0.492 e. The van der Waals surface area contributed by atoms with Gasteiger partial charge in [-0.25, -0.2) is 14.8 Å². The monoisotopic (exact) mass is 477 g/mol. The van der Waals surface area contributed by atoms with Gasteiger partial charge in [-0.15, -0.1) is 11.3 Å². The van der Waals surface area contributed by atoms with Crippen LogP contribution in [0.2, 0.25) is 0 Å². The van der Waals surface area contributed by atoms with Crippen molar-refractivity contribution < 1.29 is 19.4 Å². The molecule has 0 aliphatic heterocycles. The molecule has 0 saturated carbocycles. The van der Waals surface area contributed by atoms with E-state index in [1.54, 1.807) is 6.07 Å². The van der Waals surface area contributed by atoms with E-state index in [9.17, 15) is 9.90 Å². The van der Waals surface area contributed by atoms with Crippen LogP contribution in [0.1, 0.15) is 36.0 Å². The van der Waals surface area contributed by atoms with Crippen molar-refractivity contribution in [2.24, 2.45) is 0 Å². The molecule has 34 heavy (non-hydrogen) atoms. The fourth-order valence-corrected chi connectivity index (χ4v) is 4.56. The molecule has 0 fully saturated rings. The van der Waals surface area contributed by atoms with Crippen molar-refractivity contribution in [2.75, 3.05) is 18.5 Å². The third kappa shape index (κ3) is 5.46. The molecule has 4 rings (SSSR count). The number of anilines is 1. The first-order valence-corrected chi connectivity index (χ1v) is 12.0. The second kappa shape index (κ2) is 10.5. The Kier molecular flexibility index (Phi) is 7.27. The molecule has 0 atom stereocenters. The Bertz CT molecular complexity index is 1300. The highest BCUT2D eigenvalue weighted by Gasteiger charge is 2.18. The van der Waals surface area contributed by atoms with Crippen LogP contribution in [-0.2, 0) is 6.42 Å². The van der Waals surface area contributed by atoms with E-state index in [0.29, 0.717) is 35.3 Å². The highest BCUT2D eigenvalue weighted by Crippen LogP contribution is 2.36. The van der Waals surface area contributed by atoms with Gasteiger partial charge in [0, 0.05) is 18.7 Å². The average molecular weight is 478 g/mol. The highest BCUT2D eigenvalue weighted by molar-refractivity contribution is 7.17. The zero-order valence-electron chi connectivity index (χ0n) is 19.4. The van der Waals surface area contributed by atoms with Gasteiger partial charge in [0.15, 0.2) is 4.88 Å². The number of rotatable bonds is 10. The van der Waals surface area contributed by atoms with Gasteiger partial charge < -0.3 is 19.9 Å². The van der Waals surface area contributed by atoms with Crippen LogP contribution in [0.5, 0.6) is 11.5 Å². The fourth-order valence-electron chi connectivity index (χ4n) is 3.65. The maximum Gasteiger partial charge on any atom is 0.349 e. The molecule has 2 aromatic carbocycles. The molecule has 2 heterocycles. The van der Waals surface area contributed by atoms with E-state index in [4.69, 9.17) is 9.47 Å². The summed E-state index contributed by atoms with van der Waals surface area (Å²) in [6.45, 7) is 6.92. The van der Waals surface area contributed by atoms with Crippen molar-refractivity contribution in [3.63, 3.8) is 0 Å². The van der Waals surface area contributed by atoms with Crippen molar-refractivity contribution in [3.05, 3.63) is 65.3 Å². The summed E-state index contributed by atoms with van der Waals surface area (Å²) in [5, 5.41) is 15.1. The summed E-state index contributed by atoms with van der Waals surface area (Å²) in [7, 11) is 0. The van der Waals surface area contributed by atoms with Crippen LogP contribution >= 0.6 is 11.3 Å². The number of ether oxygens (including phenoxy) is 2. The molecule has 8 heteroatoms. The molecule has 0 amide bonds. The number of carboxylic acids is 1. The predicted molar refractivity (Wildman–Crippen MR) is 135 cm³/mol. The van der Waals surface area contributed by atoms with Crippen molar-refractivity contribution >= 4 is 33.9 Å². The molecule has 0 aliphatic rings.